The maximum Gasteiger partial charge on any atom is 0.214 e. The first-order valence-electron chi connectivity index (χ1n) is 6.30. The molecule has 93 valence electrons. The molecule has 0 amide bonds. The Bertz CT molecular complexity index is 329. The third-order valence-electron chi connectivity index (χ3n) is 3.76. The number of rotatable bonds is 6. The third kappa shape index (κ3) is 2.98. The summed E-state index contributed by atoms with van der Waals surface area (Å²) in [6.07, 6.45) is 6.54. The molecule has 3 nitrogen and oxygen atoms in total. The summed E-state index contributed by atoms with van der Waals surface area (Å²) in [6, 6.07) is 0.0656. The van der Waals surface area contributed by atoms with Gasteiger partial charge in [-0.05, 0) is 31.1 Å². The lowest BCUT2D eigenvalue weighted by Crippen LogP contribution is -2.41. The second kappa shape index (κ2) is 4.65. The average Bonchev–Trinajstić information content (AvgIpc) is 2.90. The lowest BCUT2D eigenvalue weighted by molar-refractivity contribution is 0.273. The Kier molecular flexibility index (Phi) is 3.59. The highest BCUT2D eigenvalue weighted by atomic mass is 32.2. The molecular formula is C12H22NO2S. The van der Waals surface area contributed by atoms with E-state index in [1.54, 1.807) is 0 Å². The number of hydrogen-bond donors (Lipinski definition) is 1. The van der Waals surface area contributed by atoms with Crippen LogP contribution in [0.3, 0.4) is 0 Å². The van der Waals surface area contributed by atoms with Gasteiger partial charge in [0.1, 0.15) is 0 Å². The quantitative estimate of drug-likeness (QED) is 0.779. The van der Waals surface area contributed by atoms with Crippen LogP contribution in [0.2, 0.25) is 0 Å². The van der Waals surface area contributed by atoms with Crippen molar-refractivity contribution in [2.45, 2.75) is 63.7 Å². The second-order valence-corrected chi connectivity index (χ2v) is 7.52. The van der Waals surface area contributed by atoms with E-state index in [4.69, 9.17) is 0 Å². The molecule has 2 rings (SSSR count). The Morgan fingerprint density at radius 3 is 2.25 bits per heavy atom. The summed E-state index contributed by atoms with van der Waals surface area (Å²) in [6.45, 7) is 4.05. The molecule has 2 fully saturated rings. The first-order valence-corrected chi connectivity index (χ1v) is 7.85. The zero-order valence-corrected chi connectivity index (χ0v) is 11.0. The summed E-state index contributed by atoms with van der Waals surface area (Å²) in [4.78, 5) is 0. The van der Waals surface area contributed by atoms with Gasteiger partial charge in [0.15, 0.2) is 0 Å². The highest BCUT2D eigenvalue weighted by molar-refractivity contribution is 7.90. The summed E-state index contributed by atoms with van der Waals surface area (Å²) in [7, 11) is -3.03. The molecule has 2 aliphatic carbocycles. The van der Waals surface area contributed by atoms with E-state index in [-0.39, 0.29) is 11.3 Å². The van der Waals surface area contributed by atoms with Crippen molar-refractivity contribution in [3.8, 4) is 0 Å². The van der Waals surface area contributed by atoms with Gasteiger partial charge in [0, 0.05) is 6.04 Å². The molecule has 1 N–H and O–H groups in total. The molecule has 0 aromatic carbocycles. The van der Waals surface area contributed by atoms with Gasteiger partial charge in [0.25, 0.3) is 0 Å². The first kappa shape index (κ1) is 12.4. The standard InChI is InChI=1S/C12H22NO2S/c1-9(2)12(8-10-4-3-5-10)13-16(14,15)11-6-7-11/h10-13H,3-8H2,1-2H3. The summed E-state index contributed by atoms with van der Waals surface area (Å²) in [5.41, 5.74) is 0. The summed E-state index contributed by atoms with van der Waals surface area (Å²) in [5.74, 6) is 1.93. The molecule has 0 aliphatic heterocycles. The van der Waals surface area contributed by atoms with Crippen molar-refractivity contribution < 1.29 is 8.42 Å². The molecule has 2 aliphatic rings. The normalized spacial score (nSPS) is 24.4. The van der Waals surface area contributed by atoms with Crippen LogP contribution < -0.4 is 4.72 Å². The smallest absolute Gasteiger partial charge is 0.212 e. The van der Waals surface area contributed by atoms with Crippen molar-refractivity contribution >= 4 is 10.0 Å². The Labute approximate surface area is 99.1 Å². The van der Waals surface area contributed by atoms with Crippen LogP contribution in [0.1, 0.15) is 52.4 Å². The van der Waals surface area contributed by atoms with E-state index in [0.29, 0.717) is 0 Å². The summed E-state index contributed by atoms with van der Waals surface area (Å²) < 4.78 is 26.6. The SMILES string of the molecule is C[C](C)C(CC1CCC1)NS(=O)(=O)C1CC1. The van der Waals surface area contributed by atoms with Crippen LogP contribution in [0.15, 0.2) is 0 Å². The summed E-state index contributed by atoms with van der Waals surface area (Å²) in [5, 5.41) is -0.101. The highest BCUT2D eigenvalue weighted by Gasteiger charge is 2.38. The summed E-state index contributed by atoms with van der Waals surface area (Å²) >= 11 is 0. The van der Waals surface area contributed by atoms with E-state index in [1.807, 2.05) is 13.8 Å². The molecule has 2 saturated carbocycles. The maximum absolute atomic E-state index is 11.9. The maximum atomic E-state index is 11.9. The van der Waals surface area contributed by atoms with Crippen molar-refractivity contribution in [3.05, 3.63) is 5.92 Å². The van der Waals surface area contributed by atoms with E-state index in [2.05, 4.69) is 4.72 Å². The first-order chi connectivity index (χ1) is 7.49. The van der Waals surface area contributed by atoms with E-state index >= 15 is 0 Å². The molecule has 4 heteroatoms. The van der Waals surface area contributed by atoms with Gasteiger partial charge in [-0.25, -0.2) is 13.1 Å². The Morgan fingerprint density at radius 2 is 1.88 bits per heavy atom. The van der Waals surface area contributed by atoms with Crippen LogP contribution in [0, 0.1) is 11.8 Å². The Balaban J connectivity index is 1.90. The monoisotopic (exact) mass is 244 g/mol. The van der Waals surface area contributed by atoms with Crippen molar-refractivity contribution in [3.63, 3.8) is 0 Å². The van der Waals surface area contributed by atoms with Gasteiger partial charge in [0.05, 0.1) is 5.25 Å². The van der Waals surface area contributed by atoms with Crippen LogP contribution in [0.25, 0.3) is 0 Å². The molecule has 0 bridgehead atoms. The number of hydrogen-bond acceptors (Lipinski definition) is 2. The minimum absolute atomic E-state index is 0.0656. The predicted molar refractivity (Wildman–Crippen MR) is 65.4 cm³/mol. The molecule has 1 radical (unpaired) electrons. The van der Waals surface area contributed by atoms with Crippen molar-refractivity contribution in [2.75, 3.05) is 0 Å². The molecule has 0 spiro atoms. The van der Waals surface area contributed by atoms with Gasteiger partial charge in [0.2, 0.25) is 10.0 Å². The number of nitrogens with one attached hydrogen (secondary N) is 1. The molecule has 1 unspecified atom stereocenters. The highest BCUT2D eigenvalue weighted by Crippen LogP contribution is 2.34. The molecule has 0 saturated heterocycles. The topological polar surface area (TPSA) is 46.2 Å². The third-order valence-corrected chi connectivity index (χ3v) is 5.72. The van der Waals surface area contributed by atoms with Crippen molar-refractivity contribution in [2.24, 2.45) is 5.92 Å². The minimum Gasteiger partial charge on any atom is -0.212 e. The van der Waals surface area contributed by atoms with Crippen LogP contribution in [-0.2, 0) is 10.0 Å². The molecular weight excluding hydrogens is 222 g/mol. The van der Waals surface area contributed by atoms with Gasteiger partial charge < -0.3 is 0 Å². The molecule has 0 aromatic heterocycles. The second-order valence-electron chi connectivity index (χ2n) is 5.52. The lowest BCUT2D eigenvalue weighted by atomic mass is 9.79. The van der Waals surface area contributed by atoms with E-state index in [0.717, 1.165) is 25.2 Å². The van der Waals surface area contributed by atoms with Crippen molar-refractivity contribution in [1.29, 1.82) is 0 Å². The fraction of sp³-hybridized carbons (Fsp3) is 0.917. The number of sulfonamides is 1. The minimum atomic E-state index is -3.03. The van der Waals surface area contributed by atoms with Gasteiger partial charge in [-0.1, -0.05) is 33.1 Å². The van der Waals surface area contributed by atoms with Crippen LogP contribution in [0.5, 0.6) is 0 Å². The zero-order chi connectivity index (χ0) is 11.8. The van der Waals surface area contributed by atoms with Crippen LogP contribution >= 0.6 is 0 Å². The van der Waals surface area contributed by atoms with E-state index < -0.39 is 10.0 Å². The van der Waals surface area contributed by atoms with Gasteiger partial charge in [-0.2, -0.15) is 0 Å². The van der Waals surface area contributed by atoms with Gasteiger partial charge >= 0.3 is 0 Å². The Morgan fingerprint density at radius 1 is 1.25 bits per heavy atom. The van der Waals surface area contributed by atoms with Gasteiger partial charge in [-0.3, -0.25) is 0 Å². The largest absolute Gasteiger partial charge is 0.214 e. The fourth-order valence-corrected chi connectivity index (χ4v) is 3.81. The molecule has 0 heterocycles. The Hall–Kier alpha value is -0.0900. The average molecular weight is 244 g/mol. The molecule has 0 aromatic rings. The zero-order valence-electron chi connectivity index (χ0n) is 10.2. The fourth-order valence-electron chi connectivity index (χ4n) is 2.14. The van der Waals surface area contributed by atoms with Gasteiger partial charge in [-0.15, -0.1) is 0 Å². The van der Waals surface area contributed by atoms with Crippen LogP contribution in [0.4, 0.5) is 0 Å². The predicted octanol–water partition coefficient (Wildman–Crippen LogP) is 2.24. The van der Waals surface area contributed by atoms with Crippen molar-refractivity contribution in [1.82, 2.24) is 4.72 Å². The van der Waals surface area contributed by atoms with E-state index in [9.17, 15) is 8.42 Å². The lowest BCUT2D eigenvalue weighted by Gasteiger charge is -2.31. The van der Waals surface area contributed by atoms with Crippen LogP contribution in [-0.4, -0.2) is 19.7 Å². The molecule has 1 atom stereocenters. The molecule has 16 heavy (non-hydrogen) atoms. The van der Waals surface area contributed by atoms with E-state index in [1.165, 1.54) is 25.2 Å².